The van der Waals surface area contributed by atoms with Crippen molar-refractivity contribution in [1.82, 2.24) is 14.3 Å². The number of hydrogen-bond donors (Lipinski definition) is 1. The van der Waals surface area contributed by atoms with E-state index < -0.39 is 17.7 Å². The minimum atomic E-state index is -4.83. The summed E-state index contributed by atoms with van der Waals surface area (Å²) >= 11 is 0. The maximum Gasteiger partial charge on any atom is 0.573 e. The fourth-order valence-corrected chi connectivity index (χ4v) is 3.26. The van der Waals surface area contributed by atoms with Crippen LogP contribution in [0.4, 0.5) is 24.7 Å². The number of halogens is 3. The Hall–Kier alpha value is -4.34. The first-order chi connectivity index (χ1) is 15.7. The van der Waals surface area contributed by atoms with Crippen molar-refractivity contribution >= 4 is 28.4 Å². The first-order valence-electron chi connectivity index (χ1n) is 9.64. The molecule has 0 saturated carbocycles. The van der Waals surface area contributed by atoms with Crippen molar-refractivity contribution in [2.75, 3.05) is 5.32 Å². The number of benzene rings is 2. The van der Waals surface area contributed by atoms with E-state index in [4.69, 9.17) is 0 Å². The predicted octanol–water partition coefficient (Wildman–Crippen LogP) is 4.37. The molecule has 0 unspecified atom stereocenters. The zero-order valence-electron chi connectivity index (χ0n) is 17.3. The number of aryl methyl sites for hydroxylation is 1. The zero-order valence-corrected chi connectivity index (χ0v) is 17.3. The number of rotatable bonds is 5. The van der Waals surface area contributed by atoms with Gasteiger partial charge in [-0.3, -0.25) is 9.59 Å². The molecule has 0 atom stereocenters. The van der Waals surface area contributed by atoms with Crippen molar-refractivity contribution in [1.29, 1.82) is 0 Å². The van der Waals surface area contributed by atoms with Gasteiger partial charge in [0.25, 0.3) is 11.1 Å². The maximum atomic E-state index is 13.1. The van der Waals surface area contributed by atoms with Crippen LogP contribution in [-0.2, 0) is 7.05 Å². The van der Waals surface area contributed by atoms with Gasteiger partial charge in [0.15, 0.2) is 5.82 Å². The minimum Gasteiger partial charge on any atom is -0.406 e. The first kappa shape index (κ1) is 21.9. The summed E-state index contributed by atoms with van der Waals surface area (Å²) in [6.07, 6.45) is -1.63. The van der Waals surface area contributed by atoms with E-state index in [1.165, 1.54) is 16.7 Å². The zero-order chi connectivity index (χ0) is 23.8. The molecule has 0 saturated heterocycles. The van der Waals surface area contributed by atoms with Crippen LogP contribution in [0.3, 0.4) is 0 Å². The predicted molar refractivity (Wildman–Crippen MR) is 119 cm³/mol. The van der Waals surface area contributed by atoms with E-state index in [-0.39, 0.29) is 22.8 Å². The third-order valence-electron chi connectivity index (χ3n) is 4.85. The highest BCUT2D eigenvalue weighted by atomic mass is 19.4. The van der Waals surface area contributed by atoms with Crippen molar-refractivity contribution in [3.63, 3.8) is 0 Å². The Morgan fingerprint density at radius 3 is 2.42 bits per heavy atom. The van der Waals surface area contributed by atoms with Gasteiger partial charge in [-0.05, 0) is 54.1 Å². The molecule has 0 amide bonds. The Labute approximate surface area is 185 Å². The van der Waals surface area contributed by atoms with Gasteiger partial charge in [0, 0.05) is 18.6 Å². The minimum absolute atomic E-state index is 0.215. The summed E-state index contributed by atoms with van der Waals surface area (Å²) < 4.78 is 43.7. The van der Waals surface area contributed by atoms with Crippen molar-refractivity contribution < 1.29 is 17.9 Å². The first-order valence-corrected chi connectivity index (χ1v) is 9.64. The molecule has 4 aromatic rings. The van der Waals surface area contributed by atoms with Crippen LogP contribution in [0.1, 0.15) is 5.56 Å². The number of alkyl halides is 3. The molecular formula is C23H17F3N4O3. The number of pyridine rings is 1. The molecule has 2 aromatic carbocycles. The molecule has 1 N–H and O–H groups in total. The number of nitrogens with zero attached hydrogens (tertiary/aromatic N) is 3. The average molecular weight is 454 g/mol. The van der Waals surface area contributed by atoms with Crippen molar-refractivity contribution in [2.24, 2.45) is 7.05 Å². The van der Waals surface area contributed by atoms with Crippen LogP contribution in [-0.4, -0.2) is 20.7 Å². The topological polar surface area (TPSA) is 78.2 Å². The van der Waals surface area contributed by atoms with Gasteiger partial charge < -0.3 is 14.6 Å². The Balaban J connectivity index is 1.88. The van der Waals surface area contributed by atoms with Gasteiger partial charge in [-0.1, -0.05) is 18.7 Å². The standard InChI is InChI=1S/C23H17F3N4O3/c1-3-14-6-11-17-18(13-14)20(27-19-5-4-12-29(2)22(19)32)28-30(21(17)31)15-7-9-16(10-8-15)33-23(24,25)26/h3-13H,1H2,2H3,(H,27,28). The number of nitrogens with one attached hydrogen (secondary N) is 1. The van der Waals surface area contributed by atoms with Gasteiger partial charge in [-0.25, -0.2) is 0 Å². The lowest BCUT2D eigenvalue weighted by atomic mass is 10.1. The van der Waals surface area contributed by atoms with Crippen LogP contribution in [0.2, 0.25) is 0 Å². The SMILES string of the molecule is C=Cc1ccc2c(=O)n(-c3ccc(OC(F)(F)F)cc3)nc(Nc3cccn(C)c3=O)c2c1. The summed E-state index contributed by atoms with van der Waals surface area (Å²) in [5.74, 6) is -0.214. The highest BCUT2D eigenvalue weighted by Gasteiger charge is 2.31. The maximum absolute atomic E-state index is 13.1. The fraction of sp³-hybridized carbons (Fsp3) is 0.0870. The normalized spacial score (nSPS) is 11.4. The number of fused-ring (bicyclic) bond motifs is 1. The molecule has 33 heavy (non-hydrogen) atoms. The van der Waals surface area contributed by atoms with E-state index in [1.54, 1.807) is 49.7 Å². The fourth-order valence-electron chi connectivity index (χ4n) is 3.26. The van der Waals surface area contributed by atoms with Gasteiger partial charge >= 0.3 is 6.36 Å². The van der Waals surface area contributed by atoms with Crippen molar-refractivity contribution in [2.45, 2.75) is 6.36 Å². The molecular weight excluding hydrogens is 437 g/mol. The Morgan fingerprint density at radius 2 is 1.76 bits per heavy atom. The molecule has 0 radical (unpaired) electrons. The number of hydrogen-bond acceptors (Lipinski definition) is 5. The lowest BCUT2D eigenvalue weighted by Crippen LogP contribution is -2.24. The van der Waals surface area contributed by atoms with Crippen LogP contribution in [0, 0.1) is 0 Å². The summed E-state index contributed by atoms with van der Waals surface area (Å²) in [6, 6.07) is 13.0. The molecule has 4 rings (SSSR count). The van der Waals surface area contributed by atoms with Gasteiger partial charge in [0.2, 0.25) is 0 Å². The van der Waals surface area contributed by atoms with Crippen molar-refractivity contribution in [3.8, 4) is 11.4 Å². The van der Waals surface area contributed by atoms with E-state index in [0.29, 0.717) is 10.8 Å². The molecule has 2 heterocycles. The molecule has 168 valence electrons. The lowest BCUT2D eigenvalue weighted by Gasteiger charge is -2.14. The van der Waals surface area contributed by atoms with Crippen LogP contribution in [0.5, 0.6) is 5.75 Å². The number of anilines is 2. The van der Waals surface area contributed by atoms with E-state index in [1.807, 2.05) is 0 Å². The van der Waals surface area contributed by atoms with Crippen LogP contribution >= 0.6 is 0 Å². The quantitative estimate of drug-likeness (QED) is 0.485. The van der Waals surface area contributed by atoms with Crippen LogP contribution in [0.15, 0.2) is 77.0 Å². The highest BCUT2D eigenvalue weighted by molar-refractivity contribution is 5.94. The Bertz CT molecular complexity index is 1470. The lowest BCUT2D eigenvalue weighted by molar-refractivity contribution is -0.274. The molecule has 0 spiro atoms. The summed E-state index contributed by atoms with van der Waals surface area (Å²) in [7, 11) is 1.60. The summed E-state index contributed by atoms with van der Waals surface area (Å²) in [6.45, 7) is 3.73. The summed E-state index contributed by atoms with van der Waals surface area (Å²) in [5.41, 5.74) is 0.389. The molecule has 0 aliphatic rings. The molecule has 2 aromatic heterocycles. The Morgan fingerprint density at radius 1 is 1.03 bits per heavy atom. The second-order valence-electron chi connectivity index (χ2n) is 7.08. The second kappa shape index (κ2) is 8.30. The van der Waals surface area contributed by atoms with Gasteiger partial charge in [-0.2, -0.15) is 4.68 Å². The van der Waals surface area contributed by atoms with Gasteiger partial charge in [0.1, 0.15) is 11.4 Å². The molecule has 0 aliphatic heterocycles. The van der Waals surface area contributed by atoms with Crippen LogP contribution < -0.4 is 21.2 Å². The summed E-state index contributed by atoms with van der Waals surface area (Å²) in [5, 5.41) is 8.09. The van der Waals surface area contributed by atoms with E-state index in [0.717, 1.165) is 22.4 Å². The van der Waals surface area contributed by atoms with E-state index in [9.17, 15) is 22.8 Å². The largest absolute Gasteiger partial charge is 0.573 e. The van der Waals surface area contributed by atoms with E-state index >= 15 is 0 Å². The molecule has 0 fully saturated rings. The molecule has 0 bridgehead atoms. The molecule has 0 aliphatic carbocycles. The summed E-state index contributed by atoms with van der Waals surface area (Å²) in [4.78, 5) is 25.6. The van der Waals surface area contributed by atoms with Gasteiger partial charge in [-0.15, -0.1) is 18.3 Å². The smallest absolute Gasteiger partial charge is 0.406 e. The monoisotopic (exact) mass is 454 g/mol. The second-order valence-corrected chi connectivity index (χ2v) is 7.08. The van der Waals surface area contributed by atoms with Crippen LogP contribution in [0.25, 0.3) is 22.5 Å². The number of aromatic nitrogens is 3. The van der Waals surface area contributed by atoms with Gasteiger partial charge in [0.05, 0.1) is 11.1 Å². The highest BCUT2D eigenvalue weighted by Crippen LogP contribution is 2.26. The molecule has 10 heteroatoms. The molecule has 7 nitrogen and oxygen atoms in total. The third-order valence-corrected chi connectivity index (χ3v) is 4.85. The third kappa shape index (κ3) is 4.49. The average Bonchev–Trinajstić information content (AvgIpc) is 2.78. The Kier molecular flexibility index (Phi) is 5.50. The van der Waals surface area contributed by atoms with Crippen molar-refractivity contribution in [3.05, 3.63) is 93.6 Å². The number of ether oxygens (including phenoxy) is 1. The van der Waals surface area contributed by atoms with E-state index in [2.05, 4.69) is 21.7 Å².